The van der Waals surface area contributed by atoms with Crippen LogP contribution in [0, 0.1) is 0 Å². The first-order valence-electron chi connectivity index (χ1n) is 7.62. The van der Waals surface area contributed by atoms with Gasteiger partial charge in [-0.05, 0) is 32.5 Å². The maximum absolute atomic E-state index is 4.66. The fourth-order valence-corrected chi connectivity index (χ4v) is 3.07. The van der Waals surface area contributed by atoms with Crippen molar-refractivity contribution in [2.24, 2.45) is 4.99 Å². The fraction of sp³-hybridized carbons (Fsp3) is 0.667. The van der Waals surface area contributed by atoms with Gasteiger partial charge in [-0.15, -0.1) is 11.3 Å². The second-order valence-electron chi connectivity index (χ2n) is 5.55. The van der Waals surface area contributed by atoms with Gasteiger partial charge in [-0.2, -0.15) is 0 Å². The molecule has 5 nitrogen and oxygen atoms in total. The van der Waals surface area contributed by atoms with Crippen molar-refractivity contribution in [3.05, 3.63) is 22.4 Å². The van der Waals surface area contributed by atoms with Crippen molar-refractivity contribution < 1.29 is 0 Å². The molecule has 6 heteroatoms. The van der Waals surface area contributed by atoms with Gasteiger partial charge in [-0.25, -0.2) is 4.99 Å². The Balaban J connectivity index is 1.85. The largest absolute Gasteiger partial charge is 0.357 e. The molecule has 0 aliphatic carbocycles. The lowest BCUT2D eigenvalue weighted by Gasteiger charge is -2.37. The van der Waals surface area contributed by atoms with Crippen LogP contribution in [-0.2, 0) is 6.54 Å². The van der Waals surface area contributed by atoms with Crippen LogP contribution in [0.3, 0.4) is 0 Å². The third-order valence-electron chi connectivity index (χ3n) is 3.80. The minimum atomic E-state index is 0.536. The highest BCUT2D eigenvalue weighted by Crippen LogP contribution is 2.09. The third kappa shape index (κ3) is 5.30. The minimum absolute atomic E-state index is 0.536. The van der Waals surface area contributed by atoms with Gasteiger partial charge in [0, 0.05) is 43.6 Å². The Labute approximate surface area is 132 Å². The van der Waals surface area contributed by atoms with E-state index >= 15 is 0 Å². The van der Waals surface area contributed by atoms with E-state index in [1.807, 2.05) is 0 Å². The number of hydrogen-bond donors (Lipinski definition) is 2. The summed E-state index contributed by atoms with van der Waals surface area (Å²) in [6.07, 6.45) is 0. The van der Waals surface area contributed by atoms with Gasteiger partial charge in [0.15, 0.2) is 5.96 Å². The van der Waals surface area contributed by atoms with Gasteiger partial charge in [0.05, 0.1) is 6.54 Å². The Morgan fingerprint density at radius 1 is 1.38 bits per heavy atom. The summed E-state index contributed by atoms with van der Waals surface area (Å²) in [6.45, 7) is 8.04. The van der Waals surface area contributed by atoms with Crippen LogP contribution in [-0.4, -0.2) is 68.6 Å². The Hall–Kier alpha value is -1.11. The molecule has 1 unspecified atom stereocenters. The number of rotatable bonds is 5. The molecule has 2 heterocycles. The van der Waals surface area contributed by atoms with Crippen molar-refractivity contribution in [2.45, 2.75) is 19.5 Å². The number of aliphatic imine (C=N–C) groups is 1. The third-order valence-corrected chi connectivity index (χ3v) is 4.66. The molecule has 0 bridgehead atoms. The second kappa shape index (κ2) is 8.36. The monoisotopic (exact) mass is 309 g/mol. The zero-order chi connectivity index (χ0) is 15.1. The molecule has 1 fully saturated rings. The molecule has 0 aromatic carbocycles. The lowest BCUT2D eigenvalue weighted by atomic mass is 10.2. The van der Waals surface area contributed by atoms with Crippen molar-refractivity contribution >= 4 is 17.3 Å². The van der Waals surface area contributed by atoms with Gasteiger partial charge in [0.1, 0.15) is 0 Å². The van der Waals surface area contributed by atoms with Crippen LogP contribution < -0.4 is 10.6 Å². The first-order valence-corrected chi connectivity index (χ1v) is 8.50. The number of likely N-dealkylation sites (N-methyl/N-ethyl adjacent to an activating group) is 2. The minimum Gasteiger partial charge on any atom is -0.357 e. The topological polar surface area (TPSA) is 42.9 Å². The van der Waals surface area contributed by atoms with Gasteiger partial charge < -0.3 is 15.5 Å². The van der Waals surface area contributed by atoms with Gasteiger partial charge in [-0.1, -0.05) is 6.07 Å². The molecule has 0 radical (unpaired) electrons. The molecule has 1 aliphatic heterocycles. The maximum atomic E-state index is 4.66. The quantitative estimate of drug-likeness (QED) is 0.630. The molecule has 0 saturated carbocycles. The summed E-state index contributed by atoms with van der Waals surface area (Å²) in [5, 5.41) is 8.90. The molecule has 1 saturated heterocycles. The van der Waals surface area contributed by atoms with Crippen LogP contribution >= 0.6 is 11.3 Å². The highest BCUT2D eigenvalue weighted by molar-refractivity contribution is 7.09. The SMILES string of the molecule is CCNC(=NCc1cccs1)NCC1CN(C)CCN1C. The Morgan fingerprint density at radius 2 is 2.24 bits per heavy atom. The van der Waals surface area contributed by atoms with Crippen LogP contribution in [0.15, 0.2) is 22.5 Å². The van der Waals surface area contributed by atoms with Crippen LogP contribution in [0.4, 0.5) is 0 Å². The highest BCUT2D eigenvalue weighted by atomic mass is 32.1. The Kier molecular flexibility index (Phi) is 6.48. The molecule has 21 heavy (non-hydrogen) atoms. The van der Waals surface area contributed by atoms with E-state index in [0.717, 1.165) is 45.2 Å². The summed E-state index contributed by atoms with van der Waals surface area (Å²) in [5.41, 5.74) is 0. The molecule has 2 N–H and O–H groups in total. The summed E-state index contributed by atoms with van der Waals surface area (Å²) in [6, 6.07) is 4.74. The number of hydrogen-bond acceptors (Lipinski definition) is 4. The average molecular weight is 309 g/mol. The predicted molar refractivity (Wildman–Crippen MR) is 91.1 cm³/mol. The number of thiophene rings is 1. The van der Waals surface area contributed by atoms with Crippen molar-refractivity contribution in [1.29, 1.82) is 0 Å². The van der Waals surface area contributed by atoms with Gasteiger partial charge in [0.2, 0.25) is 0 Å². The van der Waals surface area contributed by atoms with E-state index in [1.165, 1.54) is 4.88 Å². The maximum Gasteiger partial charge on any atom is 0.191 e. The Bertz CT molecular complexity index is 431. The van der Waals surface area contributed by atoms with E-state index in [1.54, 1.807) is 11.3 Å². The normalized spacial score (nSPS) is 21.5. The molecular formula is C15H27N5S. The molecule has 2 rings (SSSR count). The number of nitrogens with one attached hydrogen (secondary N) is 2. The predicted octanol–water partition coefficient (Wildman–Crippen LogP) is 1.05. The first-order chi connectivity index (χ1) is 10.2. The molecule has 118 valence electrons. The smallest absolute Gasteiger partial charge is 0.191 e. The van der Waals surface area contributed by atoms with E-state index in [-0.39, 0.29) is 0 Å². The molecule has 1 aliphatic rings. The standard InChI is InChI=1S/C15H27N5S/c1-4-16-15(18-11-14-6-5-9-21-14)17-10-13-12-19(2)7-8-20(13)3/h5-6,9,13H,4,7-8,10-12H2,1-3H3,(H2,16,17,18). The fourth-order valence-electron chi connectivity index (χ4n) is 2.44. The number of guanidine groups is 1. The van der Waals surface area contributed by atoms with Gasteiger partial charge >= 0.3 is 0 Å². The summed E-state index contributed by atoms with van der Waals surface area (Å²) in [7, 11) is 4.39. The molecule has 1 aromatic rings. The van der Waals surface area contributed by atoms with Crippen molar-refractivity contribution in [1.82, 2.24) is 20.4 Å². The van der Waals surface area contributed by atoms with Crippen LogP contribution in [0.1, 0.15) is 11.8 Å². The van der Waals surface area contributed by atoms with E-state index < -0.39 is 0 Å². The van der Waals surface area contributed by atoms with Gasteiger partial charge in [0.25, 0.3) is 0 Å². The molecule has 1 aromatic heterocycles. The first kappa shape index (κ1) is 16.3. The lowest BCUT2D eigenvalue weighted by molar-refractivity contribution is 0.116. The van der Waals surface area contributed by atoms with Crippen molar-refractivity contribution in [2.75, 3.05) is 46.8 Å². The molecule has 0 spiro atoms. The summed E-state index contributed by atoms with van der Waals surface area (Å²) < 4.78 is 0. The van der Waals surface area contributed by atoms with Crippen molar-refractivity contribution in [3.63, 3.8) is 0 Å². The number of nitrogens with zero attached hydrogens (tertiary/aromatic N) is 3. The van der Waals surface area contributed by atoms with E-state index in [0.29, 0.717) is 6.04 Å². The Morgan fingerprint density at radius 3 is 2.95 bits per heavy atom. The van der Waals surface area contributed by atoms with Gasteiger partial charge in [-0.3, -0.25) is 4.90 Å². The van der Waals surface area contributed by atoms with E-state index in [2.05, 4.69) is 64.0 Å². The summed E-state index contributed by atoms with van der Waals surface area (Å²) >= 11 is 1.75. The molecular weight excluding hydrogens is 282 g/mol. The van der Waals surface area contributed by atoms with E-state index in [9.17, 15) is 0 Å². The summed E-state index contributed by atoms with van der Waals surface area (Å²) in [4.78, 5) is 10.8. The zero-order valence-corrected chi connectivity index (χ0v) is 14.1. The zero-order valence-electron chi connectivity index (χ0n) is 13.3. The lowest BCUT2D eigenvalue weighted by Crippen LogP contribution is -2.55. The van der Waals surface area contributed by atoms with Crippen LogP contribution in [0.25, 0.3) is 0 Å². The van der Waals surface area contributed by atoms with Crippen LogP contribution in [0.2, 0.25) is 0 Å². The number of piperazine rings is 1. The van der Waals surface area contributed by atoms with E-state index in [4.69, 9.17) is 0 Å². The van der Waals surface area contributed by atoms with Crippen LogP contribution in [0.5, 0.6) is 0 Å². The molecule has 1 atom stereocenters. The average Bonchev–Trinajstić information content (AvgIpc) is 2.98. The van der Waals surface area contributed by atoms with Crippen molar-refractivity contribution in [3.8, 4) is 0 Å². The molecule has 0 amide bonds. The summed E-state index contributed by atoms with van der Waals surface area (Å²) in [5.74, 6) is 0.910. The highest BCUT2D eigenvalue weighted by Gasteiger charge is 2.21. The second-order valence-corrected chi connectivity index (χ2v) is 6.58.